The molecule has 108 valence electrons. The lowest BCUT2D eigenvalue weighted by atomic mass is 10.0. The average Bonchev–Trinajstić information content (AvgIpc) is 2.80. The second kappa shape index (κ2) is 5.66. The van der Waals surface area contributed by atoms with Crippen LogP contribution in [-0.2, 0) is 6.42 Å². The number of likely N-dealkylation sites (tertiary alicyclic amines) is 1. The highest BCUT2D eigenvalue weighted by Crippen LogP contribution is 2.30. The van der Waals surface area contributed by atoms with Crippen LogP contribution in [0.3, 0.4) is 0 Å². The Bertz CT molecular complexity index is 523. The van der Waals surface area contributed by atoms with Gasteiger partial charge in [-0.1, -0.05) is 18.6 Å². The van der Waals surface area contributed by atoms with E-state index in [1.54, 1.807) is 12.1 Å². The van der Waals surface area contributed by atoms with Gasteiger partial charge in [0.25, 0.3) is 0 Å². The van der Waals surface area contributed by atoms with Gasteiger partial charge in [-0.15, -0.1) is 0 Å². The van der Waals surface area contributed by atoms with E-state index >= 15 is 0 Å². The minimum atomic E-state index is -0.202. The summed E-state index contributed by atoms with van der Waals surface area (Å²) < 4.78 is 19.1. The first-order chi connectivity index (χ1) is 9.63. The van der Waals surface area contributed by atoms with Crippen LogP contribution in [0, 0.1) is 5.82 Å². The van der Waals surface area contributed by atoms with Crippen molar-refractivity contribution in [1.29, 1.82) is 0 Å². The molecule has 2 heterocycles. The highest BCUT2D eigenvalue weighted by atomic mass is 32.1. The standard InChI is InChI=1S/C15H19FN2OS/c16-11-4-5-14-10(7-11)8-12(19-14)9-18-6-2-1-3-13(18)15(17)20/h4-5,7,12-13H,1-3,6,8-9H2,(H2,17,20). The molecular formula is C15H19FN2OS. The van der Waals surface area contributed by atoms with Crippen LogP contribution in [0.1, 0.15) is 24.8 Å². The zero-order valence-electron chi connectivity index (χ0n) is 11.3. The van der Waals surface area contributed by atoms with E-state index in [0.717, 1.165) is 37.2 Å². The third kappa shape index (κ3) is 2.79. The molecule has 0 amide bonds. The minimum absolute atomic E-state index is 0.0711. The molecule has 0 radical (unpaired) electrons. The summed E-state index contributed by atoms with van der Waals surface area (Å²) in [6.07, 6.45) is 4.21. The first kappa shape index (κ1) is 13.8. The van der Waals surface area contributed by atoms with Crippen molar-refractivity contribution < 1.29 is 9.13 Å². The molecule has 0 saturated carbocycles. The van der Waals surface area contributed by atoms with Crippen molar-refractivity contribution in [3.8, 4) is 5.75 Å². The van der Waals surface area contributed by atoms with Crippen LogP contribution in [0.15, 0.2) is 18.2 Å². The largest absolute Gasteiger partial charge is 0.488 e. The number of piperidine rings is 1. The molecule has 0 bridgehead atoms. The van der Waals surface area contributed by atoms with Crippen molar-refractivity contribution in [2.45, 2.75) is 37.8 Å². The van der Waals surface area contributed by atoms with Gasteiger partial charge in [-0.2, -0.15) is 0 Å². The molecule has 0 spiro atoms. The lowest BCUT2D eigenvalue weighted by Crippen LogP contribution is -2.50. The van der Waals surface area contributed by atoms with Gasteiger partial charge in [0.15, 0.2) is 0 Å². The summed E-state index contributed by atoms with van der Waals surface area (Å²) in [5, 5.41) is 0. The number of nitrogens with zero attached hydrogens (tertiary/aromatic N) is 1. The first-order valence-corrected chi connectivity index (χ1v) is 7.53. The van der Waals surface area contributed by atoms with Gasteiger partial charge in [-0.05, 0) is 37.6 Å². The molecule has 1 fully saturated rings. The highest BCUT2D eigenvalue weighted by Gasteiger charge is 2.30. The smallest absolute Gasteiger partial charge is 0.123 e. The molecule has 2 unspecified atom stereocenters. The molecule has 1 saturated heterocycles. The first-order valence-electron chi connectivity index (χ1n) is 7.12. The minimum Gasteiger partial charge on any atom is -0.488 e. The van der Waals surface area contributed by atoms with Crippen molar-refractivity contribution in [3.05, 3.63) is 29.6 Å². The van der Waals surface area contributed by atoms with E-state index in [2.05, 4.69) is 4.90 Å². The SMILES string of the molecule is NC(=S)C1CCCCN1CC1Cc2cc(F)ccc2O1. The maximum atomic E-state index is 13.2. The van der Waals surface area contributed by atoms with Gasteiger partial charge in [0.05, 0.1) is 11.0 Å². The quantitative estimate of drug-likeness (QED) is 0.868. The van der Waals surface area contributed by atoms with Crippen molar-refractivity contribution in [2.24, 2.45) is 5.73 Å². The summed E-state index contributed by atoms with van der Waals surface area (Å²) in [6, 6.07) is 4.91. The lowest BCUT2D eigenvalue weighted by molar-refractivity contribution is 0.116. The Kier molecular flexibility index (Phi) is 3.89. The molecule has 2 N–H and O–H groups in total. The predicted octanol–water partition coefficient (Wildman–Crippen LogP) is 2.27. The number of nitrogens with two attached hydrogens (primary N) is 1. The number of fused-ring (bicyclic) bond motifs is 1. The molecule has 20 heavy (non-hydrogen) atoms. The molecule has 3 rings (SSSR count). The highest BCUT2D eigenvalue weighted by molar-refractivity contribution is 7.80. The summed E-state index contributed by atoms with van der Waals surface area (Å²) in [4.78, 5) is 2.89. The summed E-state index contributed by atoms with van der Waals surface area (Å²) in [5.41, 5.74) is 6.79. The number of thiocarbonyl (C=S) groups is 1. The lowest BCUT2D eigenvalue weighted by Gasteiger charge is -2.36. The molecule has 5 heteroatoms. The molecule has 1 aromatic carbocycles. The van der Waals surface area contributed by atoms with Gasteiger partial charge >= 0.3 is 0 Å². The Morgan fingerprint density at radius 1 is 1.45 bits per heavy atom. The van der Waals surface area contributed by atoms with E-state index in [0.29, 0.717) is 4.99 Å². The van der Waals surface area contributed by atoms with Crippen molar-refractivity contribution in [2.75, 3.05) is 13.1 Å². The van der Waals surface area contributed by atoms with E-state index in [-0.39, 0.29) is 18.0 Å². The second-order valence-corrected chi connectivity index (χ2v) is 6.08. The molecular weight excluding hydrogens is 275 g/mol. The third-order valence-corrected chi connectivity index (χ3v) is 4.42. The molecule has 0 aromatic heterocycles. The van der Waals surface area contributed by atoms with Gasteiger partial charge < -0.3 is 10.5 Å². The van der Waals surface area contributed by atoms with Crippen molar-refractivity contribution in [3.63, 3.8) is 0 Å². The summed E-state index contributed by atoms with van der Waals surface area (Å²) in [6.45, 7) is 1.81. The van der Waals surface area contributed by atoms with Gasteiger partial charge in [0.1, 0.15) is 17.7 Å². The fourth-order valence-electron chi connectivity index (χ4n) is 3.18. The average molecular weight is 294 g/mol. The van der Waals surface area contributed by atoms with Crippen LogP contribution in [0.5, 0.6) is 5.75 Å². The number of hydrogen-bond acceptors (Lipinski definition) is 3. The number of hydrogen-bond donors (Lipinski definition) is 1. The fraction of sp³-hybridized carbons (Fsp3) is 0.533. The molecule has 0 aliphatic carbocycles. The zero-order chi connectivity index (χ0) is 14.1. The van der Waals surface area contributed by atoms with Crippen LogP contribution in [0.4, 0.5) is 4.39 Å². The van der Waals surface area contributed by atoms with E-state index in [4.69, 9.17) is 22.7 Å². The molecule has 2 atom stereocenters. The van der Waals surface area contributed by atoms with Crippen LogP contribution < -0.4 is 10.5 Å². The van der Waals surface area contributed by atoms with E-state index in [1.807, 2.05) is 0 Å². The second-order valence-electron chi connectivity index (χ2n) is 5.60. The Labute approximate surface area is 123 Å². The van der Waals surface area contributed by atoms with Crippen LogP contribution in [-0.4, -0.2) is 35.1 Å². The normalized spacial score (nSPS) is 26.1. The van der Waals surface area contributed by atoms with E-state index < -0.39 is 0 Å². The van der Waals surface area contributed by atoms with Gasteiger partial charge in [0.2, 0.25) is 0 Å². The summed E-state index contributed by atoms with van der Waals surface area (Å²) in [7, 11) is 0. The number of ether oxygens (including phenoxy) is 1. The maximum absolute atomic E-state index is 13.2. The van der Waals surface area contributed by atoms with E-state index in [9.17, 15) is 4.39 Å². The van der Waals surface area contributed by atoms with Crippen LogP contribution in [0.25, 0.3) is 0 Å². The van der Waals surface area contributed by atoms with Crippen LogP contribution in [0.2, 0.25) is 0 Å². The van der Waals surface area contributed by atoms with Crippen molar-refractivity contribution in [1.82, 2.24) is 4.90 Å². The number of halogens is 1. The Morgan fingerprint density at radius 3 is 3.10 bits per heavy atom. The predicted molar refractivity (Wildman–Crippen MR) is 80.5 cm³/mol. The summed E-state index contributed by atoms with van der Waals surface area (Å²) >= 11 is 5.17. The fourth-order valence-corrected chi connectivity index (χ4v) is 3.45. The monoisotopic (exact) mass is 294 g/mol. The Morgan fingerprint density at radius 2 is 2.30 bits per heavy atom. The topological polar surface area (TPSA) is 38.5 Å². The zero-order valence-corrected chi connectivity index (χ0v) is 12.2. The Balaban J connectivity index is 1.66. The third-order valence-electron chi connectivity index (χ3n) is 4.14. The number of benzene rings is 1. The van der Waals surface area contributed by atoms with Crippen molar-refractivity contribution >= 4 is 17.2 Å². The van der Waals surface area contributed by atoms with Gasteiger partial charge in [-0.3, -0.25) is 4.90 Å². The van der Waals surface area contributed by atoms with Gasteiger partial charge in [-0.25, -0.2) is 4.39 Å². The molecule has 1 aromatic rings. The van der Waals surface area contributed by atoms with Crippen LogP contribution >= 0.6 is 12.2 Å². The molecule has 2 aliphatic rings. The summed E-state index contributed by atoms with van der Waals surface area (Å²) in [5.74, 6) is 0.604. The maximum Gasteiger partial charge on any atom is 0.123 e. The number of rotatable bonds is 3. The molecule has 2 aliphatic heterocycles. The van der Waals surface area contributed by atoms with Gasteiger partial charge in [0, 0.05) is 18.5 Å². The molecule has 3 nitrogen and oxygen atoms in total. The van der Waals surface area contributed by atoms with E-state index in [1.165, 1.54) is 18.9 Å². The Hall–Kier alpha value is -1.20.